The van der Waals surface area contributed by atoms with Gasteiger partial charge in [0.2, 0.25) is 0 Å². The fourth-order valence-corrected chi connectivity index (χ4v) is 4.30. The molecule has 0 spiro atoms. The largest absolute Gasteiger partial charge is 0.380 e. The van der Waals surface area contributed by atoms with Crippen LogP contribution in [0.5, 0.6) is 0 Å². The molecule has 7 heteroatoms. The van der Waals surface area contributed by atoms with Gasteiger partial charge in [0.25, 0.3) is 5.91 Å². The van der Waals surface area contributed by atoms with Crippen LogP contribution in [-0.4, -0.2) is 36.9 Å². The topological polar surface area (TPSA) is 88.2 Å². The maximum atomic E-state index is 12.1. The predicted octanol–water partition coefficient (Wildman–Crippen LogP) is 1.61. The molecule has 0 saturated carbocycles. The summed E-state index contributed by atoms with van der Waals surface area (Å²) in [5.74, 6) is 0.124. The summed E-state index contributed by atoms with van der Waals surface area (Å²) in [6.07, 6.45) is 2.16. The van der Waals surface area contributed by atoms with Gasteiger partial charge in [0.15, 0.2) is 9.84 Å². The lowest BCUT2D eigenvalue weighted by molar-refractivity contribution is 0.0946. The van der Waals surface area contributed by atoms with Gasteiger partial charge in [-0.3, -0.25) is 4.79 Å². The van der Waals surface area contributed by atoms with Crippen molar-refractivity contribution in [2.45, 2.75) is 19.0 Å². The number of hydrogen-bond donors (Lipinski definition) is 2. The molecule has 1 saturated heterocycles. The molecule has 1 unspecified atom stereocenters. The van der Waals surface area contributed by atoms with Crippen molar-refractivity contribution in [3.05, 3.63) is 59.9 Å². The first-order chi connectivity index (χ1) is 11.5. The minimum Gasteiger partial charge on any atom is -0.380 e. The number of amides is 1. The number of anilines is 1. The summed E-state index contributed by atoms with van der Waals surface area (Å²) in [4.78, 5) is 16.2. The van der Waals surface area contributed by atoms with Gasteiger partial charge in [-0.05, 0) is 24.1 Å². The van der Waals surface area contributed by atoms with Gasteiger partial charge < -0.3 is 10.6 Å². The number of nitrogens with one attached hydrogen (secondary N) is 2. The van der Waals surface area contributed by atoms with Crippen LogP contribution in [0, 0.1) is 0 Å². The standard InChI is InChI=1S/C17H19N3O3S/c21-17(19-10-13-4-2-1-3-5-13)16-7-6-14(11-18-16)20-15-8-9-24(22,23)12-15/h1-7,11,15,20H,8-10,12H2,(H,19,21). The number of rotatable bonds is 5. The van der Waals surface area contributed by atoms with Gasteiger partial charge in [-0.25, -0.2) is 13.4 Å². The van der Waals surface area contributed by atoms with Crippen LogP contribution in [0.2, 0.25) is 0 Å². The third-order valence-electron chi connectivity index (χ3n) is 3.90. The average molecular weight is 345 g/mol. The van der Waals surface area contributed by atoms with Crippen LogP contribution in [0.1, 0.15) is 22.5 Å². The molecule has 1 aliphatic heterocycles. The zero-order valence-electron chi connectivity index (χ0n) is 13.1. The zero-order valence-corrected chi connectivity index (χ0v) is 13.9. The molecule has 1 aromatic carbocycles. The van der Waals surface area contributed by atoms with Crippen molar-refractivity contribution >= 4 is 21.4 Å². The van der Waals surface area contributed by atoms with Crippen molar-refractivity contribution in [2.75, 3.05) is 16.8 Å². The lowest BCUT2D eigenvalue weighted by Crippen LogP contribution is -2.24. The lowest BCUT2D eigenvalue weighted by atomic mass is 10.2. The molecule has 1 amide bonds. The van der Waals surface area contributed by atoms with Gasteiger partial charge in [0.1, 0.15) is 5.69 Å². The molecule has 0 aliphatic carbocycles. The number of sulfone groups is 1. The summed E-state index contributed by atoms with van der Waals surface area (Å²) in [6, 6.07) is 12.9. The number of benzene rings is 1. The molecule has 2 N–H and O–H groups in total. The predicted molar refractivity (Wildman–Crippen MR) is 92.5 cm³/mol. The molecule has 1 aromatic heterocycles. The monoisotopic (exact) mass is 345 g/mol. The molecule has 1 atom stereocenters. The van der Waals surface area contributed by atoms with E-state index in [0.717, 1.165) is 11.3 Å². The molecule has 1 aliphatic rings. The highest BCUT2D eigenvalue weighted by Crippen LogP contribution is 2.17. The number of carbonyl (C=O) groups is 1. The highest BCUT2D eigenvalue weighted by atomic mass is 32.2. The summed E-state index contributed by atoms with van der Waals surface area (Å²) >= 11 is 0. The fourth-order valence-electron chi connectivity index (χ4n) is 2.63. The Bertz CT molecular complexity index is 805. The molecule has 2 aromatic rings. The molecule has 3 rings (SSSR count). The summed E-state index contributed by atoms with van der Waals surface area (Å²) in [5, 5.41) is 5.96. The quantitative estimate of drug-likeness (QED) is 0.859. The van der Waals surface area contributed by atoms with E-state index in [4.69, 9.17) is 0 Å². The highest BCUT2D eigenvalue weighted by Gasteiger charge is 2.27. The molecule has 24 heavy (non-hydrogen) atoms. The van der Waals surface area contributed by atoms with Crippen LogP contribution in [0.3, 0.4) is 0 Å². The highest BCUT2D eigenvalue weighted by molar-refractivity contribution is 7.91. The number of aromatic nitrogens is 1. The normalized spacial score (nSPS) is 18.9. The lowest BCUT2D eigenvalue weighted by Gasteiger charge is -2.12. The van der Waals surface area contributed by atoms with Gasteiger partial charge in [0.05, 0.1) is 23.4 Å². The van der Waals surface area contributed by atoms with Crippen molar-refractivity contribution in [3.8, 4) is 0 Å². The first-order valence-electron chi connectivity index (χ1n) is 7.77. The molecule has 126 valence electrons. The van der Waals surface area contributed by atoms with E-state index in [-0.39, 0.29) is 23.5 Å². The van der Waals surface area contributed by atoms with Crippen molar-refractivity contribution in [2.24, 2.45) is 0 Å². The smallest absolute Gasteiger partial charge is 0.270 e. The van der Waals surface area contributed by atoms with E-state index < -0.39 is 9.84 Å². The molecule has 0 bridgehead atoms. The molecule has 2 heterocycles. The number of carbonyl (C=O) groups excluding carboxylic acids is 1. The van der Waals surface area contributed by atoms with Crippen LogP contribution in [0.25, 0.3) is 0 Å². The maximum absolute atomic E-state index is 12.1. The van der Waals surface area contributed by atoms with E-state index in [1.165, 1.54) is 0 Å². The van der Waals surface area contributed by atoms with E-state index in [9.17, 15) is 13.2 Å². The van der Waals surface area contributed by atoms with Crippen molar-refractivity contribution in [1.29, 1.82) is 0 Å². The van der Waals surface area contributed by atoms with Crippen LogP contribution in [0.4, 0.5) is 5.69 Å². The minimum atomic E-state index is -2.92. The van der Waals surface area contributed by atoms with E-state index >= 15 is 0 Å². The van der Waals surface area contributed by atoms with Crippen molar-refractivity contribution in [1.82, 2.24) is 10.3 Å². The van der Waals surface area contributed by atoms with Crippen molar-refractivity contribution in [3.63, 3.8) is 0 Å². The Kier molecular flexibility index (Phi) is 4.80. The Morgan fingerprint density at radius 1 is 1.17 bits per heavy atom. The van der Waals surface area contributed by atoms with Crippen LogP contribution in [0.15, 0.2) is 48.7 Å². The number of nitrogens with zero attached hydrogens (tertiary/aromatic N) is 1. The van der Waals surface area contributed by atoms with Gasteiger partial charge in [-0.2, -0.15) is 0 Å². The first kappa shape index (κ1) is 16.4. The third-order valence-corrected chi connectivity index (χ3v) is 5.66. The fraction of sp³-hybridized carbons (Fsp3) is 0.294. The van der Waals surface area contributed by atoms with Crippen LogP contribution < -0.4 is 10.6 Å². The second kappa shape index (κ2) is 7.00. The molecule has 0 radical (unpaired) electrons. The minimum absolute atomic E-state index is 0.0884. The van der Waals surface area contributed by atoms with Crippen LogP contribution >= 0.6 is 0 Å². The molecular weight excluding hydrogens is 326 g/mol. The van der Waals surface area contributed by atoms with E-state index in [2.05, 4.69) is 15.6 Å². The van der Waals surface area contributed by atoms with Crippen molar-refractivity contribution < 1.29 is 13.2 Å². The first-order valence-corrected chi connectivity index (χ1v) is 9.59. The van der Waals surface area contributed by atoms with E-state index in [0.29, 0.717) is 18.7 Å². The van der Waals surface area contributed by atoms with E-state index in [1.807, 2.05) is 30.3 Å². The molecular formula is C17H19N3O3S. The number of hydrogen-bond acceptors (Lipinski definition) is 5. The molecule has 6 nitrogen and oxygen atoms in total. The molecule has 1 fully saturated rings. The SMILES string of the molecule is O=C(NCc1ccccc1)c1ccc(NC2CCS(=O)(=O)C2)cn1. The Labute approximate surface area is 141 Å². The average Bonchev–Trinajstić information content (AvgIpc) is 2.93. The Morgan fingerprint density at radius 2 is 1.96 bits per heavy atom. The summed E-state index contributed by atoms with van der Waals surface area (Å²) in [6.45, 7) is 0.446. The summed E-state index contributed by atoms with van der Waals surface area (Å²) in [7, 11) is -2.92. The van der Waals surface area contributed by atoms with Gasteiger partial charge >= 0.3 is 0 Å². The van der Waals surface area contributed by atoms with E-state index in [1.54, 1.807) is 18.3 Å². The third kappa shape index (κ3) is 4.32. The second-order valence-electron chi connectivity index (χ2n) is 5.84. The van der Waals surface area contributed by atoms with Gasteiger partial charge in [0, 0.05) is 12.6 Å². The van der Waals surface area contributed by atoms with Gasteiger partial charge in [-0.1, -0.05) is 30.3 Å². The number of pyridine rings is 1. The summed E-state index contributed by atoms with van der Waals surface area (Å²) < 4.78 is 22.9. The zero-order chi connectivity index (χ0) is 17.0. The van der Waals surface area contributed by atoms with Crippen LogP contribution in [-0.2, 0) is 16.4 Å². The maximum Gasteiger partial charge on any atom is 0.270 e. The Balaban J connectivity index is 1.55. The second-order valence-corrected chi connectivity index (χ2v) is 8.07. The Hall–Kier alpha value is -2.41. The van der Waals surface area contributed by atoms with Gasteiger partial charge in [-0.15, -0.1) is 0 Å². The summed E-state index contributed by atoms with van der Waals surface area (Å²) in [5.41, 5.74) is 2.07. The Morgan fingerprint density at radius 3 is 2.58 bits per heavy atom.